The zero-order valence-corrected chi connectivity index (χ0v) is 11.1. The predicted octanol–water partition coefficient (Wildman–Crippen LogP) is -0.0153. The molecule has 2 N–H and O–H groups in total. The molecule has 0 aromatic heterocycles. The highest BCUT2D eigenvalue weighted by Crippen LogP contribution is 2.23. The third-order valence-electron chi connectivity index (χ3n) is 3.04. The molecule has 1 aromatic carbocycles. The minimum absolute atomic E-state index is 0.318. The van der Waals surface area contributed by atoms with Crippen LogP contribution < -0.4 is 10.0 Å². The summed E-state index contributed by atoms with van der Waals surface area (Å²) in [7, 11) is -4.05. The average Bonchev–Trinajstić information content (AvgIpc) is 2.85. The predicted molar refractivity (Wildman–Crippen MR) is 69.2 cm³/mol. The lowest BCUT2D eigenvalue weighted by Gasteiger charge is -2.14. The van der Waals surface area contributed by atoms with Crippen LogP contribution in [0, 0.1) is 27.4 Å². The van der Waals surface area contributed by atoms with Gasteiger partial charge in [0.15, 0.2) is 4.90 Å². The van der Waals surface area contributed by atoms with Crippen molar-refractivity contribution in [2.24, 2.45) is 5.92 Å². The van der Waals surface area contributed by atoms with Crippen LogP contribution in [-0.2, 0) is 10.0 Å². The van der Waals surface area contributed by atoms with Gasteiger partial charge in [-0.25, -0.2) is 13.1 Å². The zero-order chi connectivity index (χ0) is 14.8. The van der Waals surface area contributed by atoms with Crippen molar-refractivity contribution in [3.05, 3.63) is 34.4 Å². The van der Waals surface area contributed by atoms with Crippen LogP contribution >= 0.6 is 0 Å². The summed E-state index contributed by atoms with van der Waals surface area (Å²) in [5.41, 5.74) is -0.487. The SMILES string of the molecule is N#CC1CNCC1NS(=O)(=O)c1ccccc1[N+](=O)[O-]. The highest BCUT2D eigenvalue weighted by Gasteiger charge is 2.33. The van der Waals surface area contributed by atoms with Gasteiger partial charge in [-0.3, -0.25) is 10.1 Å². The second kappa shape index (κ2) is 5.54. The maximum atomic E-state index is 12.2. The second-order valence-corrected chi connectivity index (χ2v) is 6.03. The summed E-state index contributed by atoms with van der Waals surface area (Å²) in [6.07, 6.45) is 0. The third-order valence-corrected chi connectivity index (χ3v) is 4.58. The van der Waals surface area contributed by atoms with Gasteiger partial charge in [-0.1, -0.05) is 12.1 Å². The second-order valence-electron chi connectivity index (χ2n) is 4.35. The van der Waals surface area contributed by atoms with Crippen LogP contribution in [0.3, 0.4) is 0 Å². The molecule has 1 aliphatic rings. The van der Waals surface area contributed by atoms with Gasteiger partial charge in [0.25, 0.3) is 5.69 Å². The van der Waals surface area contributed by atoms with E-state index in [0.717, 1.165) is 6.07 Å². The quantitative estimate of drug-likeness (QED) is 0.594. The number of nitro benzene ring substituents is 1. The first-order valence-corrected chi connectivity index (χ1v) is 7.30. The van der Waals surface area contributed by atoms with Crippen LogP contribution in [0.5, 0.6) is 0 Å². The number of benzene rings is 1. The van der Waals surface area contributed by atoms with Gasteiger partial charge in [0, 0.05) is 19.2 Å². The van der Waals surface area contributed by atoms with Gasteiger partial charge in [0.05, 0.1) is 23.0 Å². The molecule has 0 saturated carbocycles. The molecule has 0 radical (unpaired) electrons. The number of sulfonamides is 1. The molecule has 1 saturated heterocycles. The fourth-order valence-corrected chi connectivity index (χ4v) is 3.49. The summed E-state index contributed by atoms with van der Waals surface area (Å²) in [5.74, 6) is -0.493. The van der Waals surface area contributed by atoms with Crippen LogP contribution in [0.25, 0.3) is 0 Å². The summed E-state index contributed by atoms with van der Waals surface area (Å²) >= 11 is 0. The van der Waals surface area contributed by atoms with Crippen LogP contribution in [-0.4, -0.2) is 32.5 Å². The van der Waals surface area contributed by atoms with Crippen molar-refractivity contribution in [1.82, 2.24) is 10.0 Å². The molecule has 2 rings (SSSR count). The Bertz CT molecular complexity index is 667. The first kappa shape index (κ1) is 14.4. The standard InChI is InChI=1S/C11H12N4O4S/c12-5-8-6-13-7-9(8)14-20(18,19)11-4-2-1-3-10(11)15(16)17/h1-4,8-9,13-14H,6-7H2. The van der Waals surface area contributed by atoms with Crippen LogP contribution in [0.4, 0.5) is 5.69 Å². The van der Waals surface area contributed by atoms with E-state index in [4.69, 9.17) is 5.26 Å². The molecule has 2 atom stereocenters. The van der Waals surface area contributed by atoms with Crippen molar-refractivity contribution >= 4 is 15.7 Å². The van der Waals surface area contributed by atoms with E-state index in [9.17, 15) is 18.5 Å². The van der Waals surface area contributed by atoms with Gasteiger partial charge in [-0.2, -0.15) is 5.26 Å². The van der Waals surface area contributed by atoms with Crippen LogP contribution in [0.15, 0.2) is 29.2 Å². The topological polar surface area (TPSA) is 125 Å². The van der Waals surface area contributed by atoms with Crippen LogP contribution in [0.1, 0.15) is 0 Å². The van der Waals surface area contributed by atoms with Crippen LogP contribution in [0.2, 0.25) is 0 Å². The van der Waals surface area contributed by atoms with Crippen molar-refractivity contribution in [2.75, 3.05) is 13.1 Å². The minimum Gasteiger partial charge on any atom is -0.314 e. The summed E-state index contributed by atoms with van der Waals surface area (Å²) in [6.45, 7) is 0.707. The Hall–Kier alpha value is -2.02. The lowest BCUT2D eigenvalue weighted by Crippen LogP contribution is -2.40. The molecular formula is C11H12N4O4S. The number of nitrogens with one attached hydrogen (secondary N) is 2. The van der Waals surface area contributed by atoms with E-state index in [1.165, 1.54) is 18.2 Å². The lowest BCUT2D eigenvalue weighted by atomic mass is 10.1. The highest BCUT2D eigenvalue weighted by atomic mass is 32.2. The average molecular weight is 296 g/mol. The van der Waals surface area contributed by atoms with E-state index in [0.29, 0.717) is 13.1 Å². The van der Waals surface area contributed by atoms with Gasteiger partial charge in [-0.15, -0.1) is 0 Å². The van der Waals surface area contributed by atoms with Gasteiger partial charge in [-0.05, 0) is 6.07 Å². The molecule has 106 valence electrons. The molecule has 2 unspecified atom stereocenters. The summed E-state index contributed by atoms with van der Waals surface area (Å²) in [5, 5.41) is 22.7. The smallest absolute Gasteiger partial charge is 0.289 e. The van der Waals surface area contributed by atoms with Crippen molar-refractivity contribution in [3.8, 4) is 6.07 Å². The number of hydrogen-bond acceptors (Lipinski definition) is 6. The fourth-order valence-electron chi connectivity index (χ4n) is 2.04. The molecule has 9 heteroatoms. The lowest BCUT2D eigenvalue weighted by molar-refractivity contribution is -0.387. The van der Waals surface area contributed by atoms with Crippen molar-refractivity contribution in [3.63, 3.8) is 0 Å². The Labute approximate surface area is 115 Å². The third kappa shape index (κ3) is 2.77. The molecule has 8 nitrogen and oxygen atoms in total. The number of nitriles is 1. The number of nitro groups is 1. The molecule has 1 fully saturated rings. The zero-order valence-electron chi connectivity index (χ0n) is 10.3. The normalized spacial score (nSPS) is 22.4. The van der Waals surface area contributed by atoms with E-state index in [2.05, 4.69) is 10.0 Å². The maximum Gasteiger partial charge on any atom is 0.289 e. The Morgan fingerprint density at radius 2 is 2.10 bits per heavy atom. The van der Waals surface area contributed by atoms with Crippen molar-refractivity contribution in [1.29, 1.82) is 5.26 Å². The summed E-state index contributed by atoms with van der Waals surface area (Å²) in [4.78, 5) is 9.73. The Morgan fingerprint density at radius 1 is 1.40 bits per heavy atom. The molecule has 20 heavy (non-hydrogen) atoms. The molecule has 0 bridgehead atoms. The first-order chi connectivity index (χ1) is 9.45. The molecule has 1 heterocycles. The van der Waals surface area contributed by atoms with Gasteiger partial charge >= 0.3 is 0 Å². The molecule has 0 spiro atoms. The highest BCUT2D eigenvalue weighted by molar-refractivity contribution is 7.89. The Kier molecular flexibility index (Phi) is 3.99. The van der Waals surface area contributed by atoms with E-state index in [1.54, 1.807) is 0 Å². The molecular weight excluding hydrogens is 284 g/mol. The number of hydrogen-bond donors (Lipinski definition) is 2. The van der Waals surface area contributed by atoms with Crippen molar-refractivity contribution in [2.45, 2.75) is 10.9 Å². The largest absolute Gasteiger partial charge is 0.314 e. The molecule has 0 aliphatic carbocycles. The molecule has 1 aromatic rings. The summed E-state index contributed by atoms with van der Waals surface area (Å²) in [6, 6.07) is 6.52. The molecule has 0 amide bonds. The van der Waals surface area contributed by atoms with Crippen molar-refractivity contribution < 1.29 is 13.3 Å². The number of rotatable bonds is 4. The van der Waals surface area contributed by atoms with E-state index >= 15 is 0 Å². The Morgan fingerprint density at radius 3 is 2.75 bits per heavy atom. The monoisotopic (exact) mass is 296 g/mol. The fraction of sp³-hybridized carbons (Fsp3) is 0.364. The number of para-hydroxylation sites is 1. The van der Waals surface area contributed by atoms with E-state index < -0.39 is 37.5 Å². The molecule has 1 aliphatic heterocycles. The Balaban J connectivity index is 2.32. The van der Waals surface area contributed by atoms with Gasteiger partial charge < -0.3 is 5.32 Å². The summed E-state index contributed by atoms with van der Waals surface area (Å²) < 4.78 is 26.8. The minimum atomic E-state index is -4.05. The van der Waals surface area contributed by atoms with E-state index in [1.807, 2.05) is 6.07 Å². The maximum absolute atomic E-state index is 12.2. The van der Waals surface area contributed by atoms with Gasteiger partial charge in [0.2, 0.25) is 10.0 Å². The number of nitrogens with zero attached hydrogens (tertiary/aromatic N) is 2. The van der Waals surface area contributed by atoms with E-state index in [-0.39, 0.29) is 0 Å². The van der Waals surface area contributed by atoms with Gasteiger partial charge in [0.1, 0.15) is 0 Å². The first-order valence-electron chi connectivity index (χ1n) is 5.82.